The van der Waals surface area contributed by atoms with Gasteiger partial charge in [0.05, 0.1) is 28.5 Å². The molecular weight excluding hydrogens is 467 g/mol. The number of fused-ring (bicyclic) bond motifs is 1. The van der Waals surface area contributed by atoms with Crippen LogP contribution in [0.1, 0.15) is 27.9 Å². The van der Waals surface area contributed by atoms with Crippen LogP contribution in [-0.4, -0.2) is 30.7 Å². The first-order chi connectivity index (χ1) is 16.3. The largest absolute Gasteiger partial charge is 0.288 e. The van der Waals surface area contributed by atoms with Crippen LogP contribution in [0.5, 0.6) is 0 Å². The molecule has 0 atom stereocenters. The second-order valence-corrected chi connectivity index (χ2v) is 8.33. The topological polar surface area (TPSA) is 89.0 Å². The third-order valence-corrected chi connectivity index (χ3v) is 5.64. The van der Waals surface area contributed by atoms with E-state index in [4.69, 9.17) is 0 Å². The number of hydrogen-bond donors (Lipinski definition) is 2. The summed E-state index contributed by atoms with van der Waals surface area (Å²) in [7, 11) is -2.74. The zero-order valence-electron chi connectivity index (χ0n) is 17.6. The summed E-state index contributed by atoms with van der Waals surface area (Å²) in [6, 6.07) is 12.4. The fourth-order valence-corrected chi connectivity index (χ4v) is 3.83. The molecule has 0 bridgehead atoms. The average Bonchev–Trinajstić information content (AvgIpc) is 2.83. The number of nitrogens with zero attached hydrogens (tertiary/aromatic N) is 2. The van der Waals surface area contributed by atoms with E-state index in [9.17, 15) is 26.4 Å². The number of halogens is 3. The number of rotatable bonds is 8. The van der Waals surface area contributed by atoms with E-state index < -0.39 is 33.9 Å². The van der Waals surface area contributed by atoms with Gasteiger partial charge < -0.3 is 0 Å². The minimum absolute atomic E-state index is 0.0959. The van der Waals surface area contributed by atoms with E-state index in [0.29, 0.717) is 34.3 Å². The number of carbonyl (C=O) groups is 1. The maximum atomic E-state index is 14.5. The molecular formula is C24H18F3N3O3S. The van der Waals surface area contributed by atoms with Crippen LogP contribution < -0.4 is 4.72 Å². The van der Waals surface area contributed by atoms with Gasteiger partial charge in [0.25, 0.3) is 0 Å². The molecule has 0 fully saturated rings. The summed E-state index contributed by atoms with van der Waals surface area (Å²) in [5, 5.41) is 0. The van der Waals surface area contributed by atoms with E-state index >= 15 is 0 Å². The summed E-state index contributed by atoms with van der Waals surface area (Å²) in [5.74, 6) is -3.54. The van der Waals surface area contributed by atoms with Crippen molar-refractivity contribution >= 4 is 27.7 Å². The van der Waals surface area contributed by atoms with Gasteiger partial charge >= 0.3 is 0 Å². The van der Waals surface area contributed by atoms with Crippen LogP contribution in [0.15, 0.2) is 60.8 Å². The molecule has 0 saturated carbocycles. The third-order valence-electron chi connectivity index (χ3n) is 5.16. The number of aryl methyl sites for hydroxylation is 1. The molecule has 6 nitrogen and oxygen atoms in total. The predicted octanol–water partition coefficient (Wildman–Crippen LogP) is 3.99. The number of benzene rings is 3. The number of aromatic nitrogens is 2. The standard InChI is InChI=1S/C24H18F3N3O3S/c25-17-6-3-15(4-7-17)22-13-28-20-8-5-16(12-21(20)30-22)24(31)18-10-14(11-19(26)23(18)27)2-1-9-29-34(32)33/h3-8,10-13,34H,1-2,9H2,(H,29,32,33). The fraction of sp³-hybridized carbons (Fsp3) is 0.125. The Morgan fingerprint density at radius 1 is 0.941 bits per heavy atom. The van der Waals surface area contributed by atoms with Gasteiger partial charge in [-0.1, -0.05) is 0 Å². The van der Waals surface area contributed by atoms with Gasteiger partial charge in [0.2, 0.25) is 10.9 Å². The van der Waals surface area contributed by atoms with Crippen molar-refractivity contribution in [3.63, 3.8) is 0 Å². The third kappa shape index (κ3) is 5.29. The number of ketones is 1. The maximum absolute atomic E-state index is 14.5. The average molecular weight is 485 g/mol. The van der Waals surface area contributed by atoms with Crippen molar-refractivity contribution in [3.05, 3.63) is 94.9 Å². The van der Waals surface area contributed by atoms with Crippen LogP contribution in [0.25, 0.3) is 22.3 Å². The van der Waals surface area contributed by atoms with E-state index in [1.807, 2.05) is 0 Å². The second-order valence-electron chi connectivity index (χ2n) is 7.50. The molecule has 0 aliphatic carbocycles. The Kier molecular flexibility index (Phi) is 6.99. The molecule has 34 heavy (non-hydrogen) atoms. The minimum Gasteiger partial charge on any atom is -0.288 e. The Balaban J connectivity index is 1.64. The number of thiol groups is 1. The summed E-state index contributed by atoms with van der Waals surface area (Å²) in [6.45, 7) is 0.140. The van der Waals surface area contributed by atoms with Crippen LogP contribution >= 0.6 is 0 Å². The molecule has 3 aromatic carbocycles. The van der Waals surface area contributed by atoms with Crippen molar-refractivity contribution in [1.29, 1.82) is 0 Å². The number of carbonyl (C=O) groups excluding carboxylic acids is 1. The van der Waals surface area contributed by atoms with E-state index in [-0.39, 0.29) is 24.3 Å². The van der Waals surface area contributed by atoms with Crippen molar-refractivity contribution in [2.75, 3.05) is 6.54 Å². The molecule has 1 heterocycles. The molecule has 0 aliphatic heterocycles. The highest BCUT2D eigenvalue weighted by Gasteiger charge is 2.19. The summed E-state index contributed by atoms with van der Waals surface area (Å²) in [6.07, 6.45) is 2.12. The van der Waals surface area contributed by atoms with Gasteiger partial charge in [-0.15, -0.1) is 0 Å². The van der Waals surface area contributed by atoms with Gasteiger partial charge in [-0.3, -0.25) is 9.78 Å². The Labute approximate surface area is 194 Å². The van der Waals surface area contributed by atoms with E-state index in [0.717, 1.165) is 6.07 Å². The highest BCUT2D eigenvalue weighted by molar-refractivity contribution is 7.70. The maximum Gasteiger partial charge on any atom is 0.201 e. The van der Waals surface area contributed by atoms with Crippen molar-refractivity contribution in [3.8, 4) is 11.3 Å². The monoisotopic (exact) mass is 485 g/mol. The lowest BCUT2D eigenvalue weighted by molar-refractivity contribution is 0.103. The quantitative estimate of drug-likeness (QED) is 0.224. The molecule has 174 valence electrons. The molecule has 10 heteroatoms. The summed E-state index contributed by atoms with van der Waals surface area (Å²) >= 11 is 0. The van der Waals surface area contributed by atoms with Gasteiger partial charge in [0.1, 0.15) is 5.82 Å². The molecule has 4 aromatic rings. The first-order valence-electron chi connectivity index (χ1n) is 10.2. The first-order valence-corrected chi connectivity index (χ1v) is 11.4. The Hall–Kier alpha value is -3.63. The summed E-state index contributed by atoms with van der Waals surface area (Å²) < 4.78 is 65.3. The molecule has 0 unspecified atom stereocenters. The Morgan fingerprint density at radius 3 is 2.44 bits per heavy atom. The van der Waals surface area contributed by atoms with Crippen LogP contribution in [0.3, 0.4) is 0 Å². The van der Waals surface area contributed by atoms with Crippen LogP contribution in [0, 0.1) is 17.5 Å². The summed E-state index contributed by atoms with van der Waals surface area (Å²) in [4.78, 5) is 21.8. The predicted molar refractivity (Wildman–Crippen MR) is 121 cm³/mol. The van der Waals surface area contributed by atoms with Crippen molar-refractivity contribution in [1.82, 2.24) is 14.7 Å². The first kappa shape index (κ1) is 23.5. The van der Waals surface area contributed by atoms with Crippen molar-refractivity contribution in [2.24, 2.45) is 0 Å². The van der Waals surface area contributed by atoms with Crippen molar-refractivity contribution in [2.45, 2.75) is 12.8 Å². The van der Waals surface area contributed by atoms with Crippen LogP contribution in [0.4, 0.5) is 13.2 Å². The Bertz CT molecular complexity index is 1450. The van der Waals surface area contributed by atoms with E-state index in [1.165, 1.54) is 36.5 Å². The normalized spacial score (nSPS) is 11.3. The molecule has 4 rings (SSSR count). The lowest BCUT2D eigenvalue weighted by Gasteiger charge is -2.09. The van der Waals surface area contributed by atoms with Crippen molar-refractivity contribution < 1.29 is 26.4 Å². The molecule has 0 radical (unpaired) electrons. The Morgan fingerprint density at radius 2 is 1.71 bits per heavy atom. The smallest absolute Gasteiger partial charge is 0.201 e. The molecule has 0 aliphatic rings. The SMILES string of the molecule is O=C(c1ccc2ncc(-c3ccc(F)cc3)nc2c1)c1cc(CCCN[SH](=O)=O)cc(F)c1F. The molecule has 1 N–H and O–H groups in total. The van der Waals surface area contributed by atoms with E-state index in [2.05, 4.69) is 14.7 Å². The zero-order chi connectivity index (χ0) is 24.2. The molecule has 1 aromatic heterocycles. The zero-order valence-corrected chi connectivity index (χ0v) is 18.5. The number of nitrogens with one attached hydrogen (secondary N) is 1. The van der Waals surface area contributed by atoms with Crippen LogP contribution in [-0.2, 0) is 17.3 Å². The van der Waals surface area contributed by atoms with Gasteiger partial charge in [0, 0.05) is 17.7 Å². The fourth-order valence-electron chi connectivity index (χ4n) is 3.49. The lowest BCUT2D eigenvalue weighted by Crippen LogP contribution is -2.13. The van der Waals surface area contributed by atoms with Gasteiger partial charge in [0.15, 0.2) is 17.4 Å². The molecule has 0 saturated heterocycles. The van der Waals surface area contributed by atoms with Gasteiger partial charge in [-0.05, 0) is 73.0 Å². The highest BCUT2D eigenvalue weighted by atomic mass is 32.2. The molecule has 0 spiro atoms. The highest BCUT2D eigenvalue weighted by Crippen LogP contribution is 2.23. The number of hydrogen-bond acceptors (Lipinski definition) is 5. The molecule has 0 amide bonds. The summed E-state index contributed by atoms with van der Waals surface area (Å²) in [5.41, 5.74) is 1.98. The van der Waals surface area contributed by atoms with Gasteiger partial charge in [-0.25, -0.2) is 31.3 Å². The lowest BCUT2D eigenvalue weighted by atomic mass is 9.98. The second kappa shape index (κ2) is 10.1. The minimum atomic E-state index is -2.74. The van der Waals surface area contributed by atoms with Crippen LogP contribution in [0.2, 0.25) is 0 Å². The van der Waals surface area contributed by atoms with Gasteiger partial charge in [-0.2, -0.15) is 0 Å². The van der Waals surface area contributed by atoms with E-state index in [1.54, 1.807) is 18.2 Å².